The fourth-order valence-corrected chi connectivity index (χ4v) is 2.98. The van der Waals surface area contributed by atoms with Gasteiger partial charge in [0, 0.05) is 29.3 Å². The quantitative estimate of drug-likeness (QED) is 0.524. The molecule has 4 nitrogen and oxygen atoms in total. The SMILES string of the molecule is O=C(CCSC=Cc1ccccc1)Nc1ccc2oc(=O)ccc2c1. The number of thioether (sulfide) groups is 1. The number of carbonyl (C=O) groups is 1. The van der Waals surface area contributed by atoms with E-state index in [1.165, 1.54) is 6.07 Å². The van der Waals surface area contributed by atoms with Gasteiger partial charge in [0.1, 0.15) is 5.58 Å². The Balaban J connectivity index is 1.48. The average Bonchev–Trinajstić information content (AvgIpc) is 2.62. The number of nitrogens with one attached hydrogen (secondary N) is 1. The Morgan fingerprint density at radius 1 is 1.08 bits per heavy atom. The van der Waals surface area contributed by atoms with Crippen LogP contribution in [0.3, 0.4) is 0 Å². The topological polar surface area (TPSA) is 59.3 Å². The Kier molecular flexibility index (Phi) is 5.69. The Morgan fingerprint density at radius 2 is 1.92 bits per heavy atom. The second kappa shape index (κ2) is 8.35. The number of rotatable bonds is 6. The van der Waals surface area contributed by atoms with Crippen LogP contribution in [-0.4, -0.2) is 11.7 Å². The lowest BCUT2D eigenvalue weighted by Gasteiger charge is -2.05. The van der Waals surface area contributed by atoms with Gasteiger partial charge in [-0.3, -0.25) is 4.79 Å². The number of hydrogen-bond acceptors (Lipinski definition) is 4. The summed E-state index contributed by atoms with van der Waals surface area (Å²) in [6.45, 7) is 0. The number of carbonyl (C=O) groups excluding carboxylic acids is 1. The van der Waals surface area contributed by atoms with E-state index in [2.05, 4.69) is 5.32 Å². The maximum Gasteiger partial charge on any atom is 0.336 e. The van der Waals surface area contributed by atoms with Gasteiger partial charge in [-0.1, -0.05) is 30.3 Å². The molecule has 0 aliphatic carbocycles. The van der Waals surface area contributed by atoms with E-state index in [1.807, 2.05) is 41.8 Å². The summed E-state index contributed by atoms with van der Waals surface area (Å²) < 4.78 is 5.07. The van der Waals surface area contributed by atoms with Crippen molar-refractivity contribution in [2.75, 3.05) is 11.1 Å². The largest absolute Gasteiger partial charge is 0.423 e. The van der Waals surface area contributed by atoms with E-state index in [4.69, 9.17) is 4.42 Å². The van der Waals surface area contributed by atoms with Gasteiger partial charge in [-0.25, -0.2) is 4.79 Å². The Morgan fingerprint density at radius 3 is 2.76 bits per heavy atom. The van der Waals surface area contributed by atoms with Crippen LogP contribution in [0.2, 0.25) is 0 Å². The summed E-state index contributed by atoms with van der Waals surface area (Å²) in [6, 6.07) is 18.3. The molecule has 0 aliphatic rings. The molecule has 126 valence electrons. The molecule has 0 spiro atoms. The van der Waals surface area contributed by atoms with Gasteiger partial charge in [-0.05, 0) is 41.3 Å². The van der Waals surface area contributed by atoms with Crippen molar-refractivity contribution >= 4 is 40.4 Å². The summed E-state index contributed by atoms with van der Waals surface area (Å²) in [6.07, 6.45) is 2.45. The van der Waals surface area contributed by atoms with Crippen LogP contribution in [0.4, 0.5) is 5.69 Å². The summed E-state index contributed by atoms with van der Waals surface area (Å²) in [7, 11) is 0. The third-order valence-corrected chi connectivity index (χ3v) is 4.27. The van der Waals surface area contributed by atoms with Crippen molar-refractivity contribution in [3.05, 3.63) is 82.1 Å². The fourth-order valence-electron chi connectivity index (χ4n) is 2.28. The van der Waals surface area contributed by atoms with Gasteiger partial charge in [0.05, 0.1) is 0 Å². The monoisotopic (exact) mass is 351 g/mol. The lowest BCUT2D eigenvalue weighted by atomic mass is 10.2. The van der Waals surface area contributed by atoms with E-state index in [0.717, 1.165) is 10.9 Å². The molecule has 5 heteroatoms. The zero-order chi connectivity index (χ0) is 17.5. The highest BCUT2D eigenvalue weighted by atomic mass is 32.2. The third kappa shape index (κ3) is 5.09. The first-order chi connectivity index (χ1) is 12.2. The summed E-state index contributed by atoms with van der Waals surface area (Å²) in [5, 5.41) is 5.64. The van der Waals surface area contributed by atoms with Crippen LogP contribution in [0, 0.1) is 0 Å². The smallest absolute Gasteiger partial charge is 0.336 e. The summed E-state index contributed by atoms with van der Waals surface area (Å²) in [5.74, 6) is 0.662. The first kappa shape index (κ1) is 17.0. The molecule has 25 heavy (non-hydrogen) atoms. The van der Waals surface area contributed by atoms with Gasteiger partial charge in [0.2, 0.25) is 5.91 Å². The van der Waals surface area contributed by atoms with E-state index in [0.29, 0.717) is 23.4 Å². The van der Waals surface area contributed by atoms with Crippen molar-refractivity contribution in [2.45, 2.75) is 6.42 Å². The predicted molar refractivity (Wildman–Crippen MR) is 104 cm³/mol. The Labute approximate surface area is 149 Å². The molecule has 1 heterocycles. The zero-order valence-corrected chi connectivity index (χ0v) is 14.3. The maximum absolute atomic E-state index is 12.0. The summed E-state index contributed by atoms with van der Waals surface area (Å²) in [4.78, 5) is 23.2. The molecule has 0 radical (unpaired) electrons. The van der Waals surface area contributed by atoms with Crippen LogP contribution in [0.5, 0.6) is 0 Å². The number of hydrogen-bond donors (Lipinski definition) is 1. The zero-order valence-electron chi connectivity index (χ0n) is 13.5. The van der Waals surface area contributed by atoms with Crippen molar-refractivity contribution in [2.24, 2.45) is 0 Å². The van der Waals surface area contributed by atoms with Crippen LogP contribution >= 0.6 is 11.8 Å². The van der Waals surface area contributed by atoms with Gasteiger partial charge in [-0.15, -0.1) is 11.8 Å². The molecule has 3 aromatic rings. The molecule has 1 amide bonds. The molecular weight excluding hydrogens is 334 g/mol. The standard InChI is InChI=1S/C20H17NO3S/c22-19(11-13-25-12-10-15-4-2-1-3-5-15)21-17-7-8-18-16(14-17)6-9-20(23)24-18/h1-10,12,14H,11,13H2,(H,21,22). The first-order valence-corrected chi connectivity index (χ1v) is 8.92. The van der Waals surface area contributed by atoms with E-state index >= 15 is 0 Å². The lowest BCUT2D eigenvalue weighted by Crippen LogP contribution is -2.12. The maximum atomic E-state index is 12.0. The normalized spacial score (nSPS) is 11.0. The van der Waals surface area contributed by atoms with Crippen molar-refractivity contribution in [1.29, 1.82) is 0 Å². The average molecular weight is 351 g/mol. The van der Waals surface area contributed by atoms with Crippen LogP contribution in [0.1, 0.15) is 12.0 Å². The van der Waals surface area contributed by atoms with Crippen molar-refractivity contribution in [3.63, 3.8) is 0 Å². The first-order valence-electron chi connectivity index (χ1n) is 7.88. The van der Waals surface area contributed by atoms with Crippen molar-refractivity contribution in [3.8, 4) is 0 Å². The van der Waals surface area contributed by atoms with Crippen molar-refractivity contribution < 1.29 is 9.21 Å². The minimum Gasteiger partial charge on any atom is -0.423 e. The summed E-state index contributed by atoms with van der Waals surface area (Å²) in [5.41, 5.74) is 1.95. The highest BCUT2D eigenvalue weighted by Crippen LogP contribution is 2.18. The van der Waals surface area contributed by atoms with Gasteiger partial charge >= 0.3 is 5.63 Å². The molecule has 3 rings (SSSR count). The summed E-state index contributed by atoms with van der Waals surface area (Å²) >= 11 is 1.60. The van der Waals surface area contributed by atoms with Gasteiger partial charge in [0.25, 0.3) is 0 Å². The van der Waals surface area contributed by atoms with Gasteiger partial charge < -0.3 is 9.73 Å². The van der Waals surface area contributed by atoms with Crippen LogP contribution in [-0.2, 0) is 4.79 Å². The molecule has 0 fully saturated rings. The molecule has 0 saturated heterocycles. The number of amides is 1. The lowest BCUT2D eigenvalue weighted by molar-refractivity contribution is -0.115. The van der Waals surface area contributed by atoms with Crippen molar-refractivity contribution in [1.82, 2.24) is 0 Å². The molecular formula is C20H17NO3S. The Bertz CT molecular complexity index is 948. The third-order valence-electron chi connectivity index (χ3n) is 3.51. The van der Waals surface area contributed by atoms with Crippen LogP contribution in [0.25, 0.3) is 17.0 Å². The predicted octanol–water partition coefficient (Wildman–Crippen LogP) is 4.53. The van der Waals surface area contributed by atoms with Gasteiger partial charge in [-0.2, -0.15) is 0 Å². The van der Waals surface area contributed by atoms with Crippen LogP contribution < -0.4 is 10.9 Å². The second-order valence-electron chi connectivity index (χ2n) is 5.39. The highest BCUT2D eigenvalue weighted by molar-refractivity contribution is 8.02. The van der Waals surface area contributed by atoms with E-state index in [1.54, 1.807) is 36.0 Å². The Hall–Kier alpha value is -2.79. The minimum absolute atomic E-state index is 0.0441. The molecule has 1 N–H and O–H groups in total. The minimum atomic E-state index is -0.384. The second-order valence-corrected chi connectivity index (χ2v) is 6.40. The van der Waals surface area contributed by atoms with Crippen LogP contribution in [0.15, 0.2) is 75.3 Å². The number of fused-ring (bicyclic) bond motifs is 1. The number of anilines is 1. The molecule has 1 aromatic heterocycles. The van der Waals surface area contributed by atoms with E-state index in [-0.39, 0.29) is 11.5 Å². The molecule has 0 bridgehead atoms. The molecule has 0 unspecified atom stereocenters. The highest BCUT2D eigenvalue weighted by Gasteiger charge is 2.04. The molecule has 2 aromatic carbocycles. The number of benzene rings is 2. The van der Waals surface area contributed by atoms with E-state index in [9.17, 15) is 9.59 Å². The molecule has 0 atom stereocenters. The fraction of sp³-hybridized carbons (Fsp3) is 0.100. The molecule has 0 aliphatic heterocycles. The molecule has 0 saturated carbocycles. The van der Waals surface area contributed by atoms with E-state index < -0.39 is 0 Å². The van der Waals surface area contributed by atoms with Gasteiger partial charge in [0.15, 0.2) is 0 Å².